The third kappa shape index (κ3) is 1.84. The maximum absolute atomic E-state index is 11.4. The third-order valence-electron chi connectivity index (χ3n) is 1.75. The summed E-state index contributed by atoms with van der Waals surface area (Å²) in [5.74, 6) is -0.131. The largest absolute Gasteiger partial charge is 0.461 e. The van der Waals surface area contributed by atoms with Crippen molar-refractivity contribution in [2.45, 2.75) is 12.1 Å². The highest BCUT2D eigenvalue weighted by Crippen LogP contribution is 2.20. The van der Waals surface area contributed by atoms with Gasteiger partial charge < -0.3 is 15.0 Å². The first-order chi connectivity index (χ1) is 6.61. The molecule has 0 aliphatic rings. The Morgan fingerprint density at radius 2 is 2.36 bits per heavy atom. The van der Waals surface area contributed by atoms with E-state index >= 15 is 0 Å². The van der Waals surface area contributed by atoms with Gasteiger partial charge in [0.2, 0.25) is 0 Å². The van der Waals surface area contributed by atoms with Gasteiger partial charge in [-0.25, -0.2) is 9.78 Å². The van der Waals surface area contributed by atoms with Gasteiger partial charge in [0.1, 0.15) is 5.82 Å². The Bertz CT molecular complexity index is 349. The van der Waals surface area contributed by atoms with E-state index in [2.05, 4.69) is 4.98 Å². The van der Waals surface area contributed by atoms with Gasteiger partial charge in [0.05, 0.1) is 6.61 Å². The van der Waals surface area contributed by atoms with Crippen LogP contribution >= 0.6 is 11.8 Å². The molecule has 0 radical (unpaired) electrons. The molecule has 1 rings (SSSR count). The molecule has 0 fully saturated rings. The zero-order valence-electron chi connectivity index (χ0n) is 8.40. The minimum absolute atomic E-state index is 0.193. The Balaban J connectivity index is 3.04. The van der Waals surface area contributed by atoms with Gasteiger partial charge in [0.25, 0.3) is 0 Å². The molecule has 0 saturated heterocycles. The number of nitrogen functional groups attached to an aromatic ring is 1. The molecule has 6 heteroatoms. The normalized spacial score (nSPS) is 10.2. The molecule has 0 unspecified atom stereocenters. The van der Waals surface area contributed by atoms with Gasteiger partial charge in [-0.2, -0.15) is 0 Å². The molecule has 0 aliphatic heterocycles. The second-order valence-electron chi connectivity index (χ2n) is 2.61. The standard InChI is InChI=1S/C8H13N3O2S/c1-4-13-7(12)5-6(9)11(2)8(10-5)14-3/h4,9H2,1-3H3. The number of esters is 1. The molecule has 0 saturated carbocycles. The zero-order valence-corrected chi connectivity index (χ0v) is 9.22. The Hall–Kier alpha value is -1.17. The minimum atomic E-state index is -0.471. The summed E-state index contributed by atoms with van der Waals surface area (Å²) in [6, 6.07) is 0. The van der Waals surface area contributed by atoms with Crippen LogP contribution in [0.1, 0.15) is 17.4 Å². The lowest BCUT2D eigenvalue weighted by Crippen LogP contribution is -2.08. The number of hydrogen-bond acceptors (Lipinski definition) is 5. The number of anilines is 1. The van der Waals surface area contributed by atoms with E-state index in [1.807, 2.05) is 6.26 Å². The number of nitrogens with zero attached hydrogens (tertiary/aromatic N) is 2. The molecule has 2 N–H and O–H groups in total. The monoisotopic (exact) mass is 215 g/mol. The summed E-state index contributed by atoms with van der Waals surface area (Å²) in [6.45, 7) is 2.07. The van der Waals surface area contributed by atoms with Crippen molar-refractivity contribution in [3.63, 3.8) is 0 Å². The number of carbonyl (C=O) groups excluding carboxylic acids is 1. The van der Waals surface area contributed by atoms with E-state index in [4.69, 9.17) is 10.5 Å². The van der Waals surface area contributed by atoms with Crippen LogP contribution in [0.25, 0.3) is 0 Å². The van der Waals surface area contributed by atoms with Gasteiger partial charge >= 0.3 is 5.97 Å². The summed E-state index contributed by atoms with van der Waals surface area (Å²) in [4.78, 5) is 15.4. The number of ether oxygens (including phenoxy) is 1. The van der Waals surface area contributed by atoms with E-state index in [-0.39, 0.29) is 5.69 Å². The molecule has 1 aromatic rings. The van der Waals surface area contributed by atoms with E-state index in [1.54, 1.807) is 18.5 Å². The van der Waals surface area contributed by atoms with Crippen molar-refractivity contribution in [1.82, 2.24) is 9.55 Å². The predicted molar refractivity (Wildman–Crippen MR) is 55.4 cm³/mol. The lowest BCUT2D eigenvalue weighted by atomic mass is 10.4. The van der Waals surface area contributed by atoms with Crippen LogP contribution in [-0.2, 0) is 11.8 Å². The molecule has 0 aromatic carbocycles. The number of rotatable bonds is 3. The van der Waals surface area contributed by atoms with Crippen LogP contribution in [0.5, 0.6) is 0 Å². The third-order valence-corrected chi connectivity index (χ3v) is 2.48. The van der Waals surface area contributed by atoms with Crippen molar-refractivity contribution < 1.29 is 9.53 Å². The van der Waals surface area contributed by atoms with Crippen LogP contribution in [0.2, 0.25) is 0 Å². The molecule has 5 nitrogen and oxygen atoms in total. The van der Waals surface area contributed by atoms with Gasteiger partial charge in [0.15, 0.2) is 10.9 Å². The number of hydrogen-bond donors (Lipinski definition) is 1. The minimum Gasteiger partial charge on any atom is -0.461 e. The molecular weight excluding hydrogens is 202 g/mol. The SMILES string of the molecule is CCOC(=O)c1nc(SC)n(C)c1N. The second-order valence-corrected chi connectivity index (χ2v) is 3.39. The van der Waals surface area contributed by atoms with E-state index < -0.39 is 5.97 Å². The summed E-state index contributed by atoms with van der Waals surface area (Å²) >= 11 is 1.43. The molecule has 1 aromatic heterocycles. The van der Waals surface area contributed by atoms with E-state index in [1.165, 1.54) is 11.8 Å². The number of carbonyl (C=O) groups is 1. The van der Waals surface area contributed by atoms with Gasteiger partial charge in [-0.05, 0) is 13.2 Å². The zero-order chi connectivity index (χ0) is 10.7. The molecule has 1 heterocycles. The average Bonchev–Trinajstić information content (AvgIpc) is 2.44. The van der Waals surface area contributed by atoms with Crippen molar-refractivity contribution in [3.8, 4) is 0 Å². The van der Waals surface area contributed by atoms with Crippen molar-refractivity contribution in [2.75, 3.05) is 18.6 Å². The van der Waals surface area contributed by atoms with E-state index in [0.29, 0.717) is 17.6 Å². The van der Waals surface area contributed by atoms with Crippen molar-refractivity contribution >= 4 is 23.5 Å². The maximum atomic E-state index is 11.4. The molecule has 78 valence electrons. The highest BCUT2D eigenvalue weighted by molar-refractivity contribution is 7.98. The topological polar surface area (TPSA) is 70.1 Å². The van der Waals surface area contributed by atoms with Crippen molar-refractivity contribution in [2.24, 2.45) is 7.05 Å². The summed E-state index contributed by atoms with van der Waals surface area (Å²) < 4.78 is 6.48. The van der Waals surface area contributed by atoms with Crippen LogP contribution in [0.15, 0.2) is 5.16 Å². The number of thioether (sulfide) groups is 1. The van der Waals surface area contributed by atoms with Crippen LogP contribution < -0.4 is 5.73 Å². The molecule has 0 spiro atoms. The van der Waals surface area contributed by atoms with E-state index in [0.717, 1.165) is 0 Å². The summed E-state index contributed by atoms with van der Waals surface area (Å²) in [7, 11) is 1.76. The Morgan fingerprint density at radius 3 is 2.79 bits per heavy atom. The Labute approximate surface area is 86.6 Å². The van der Waals surface area contributed by atoms with Crippen LogP contribution in [-0.4, -0.2) is 28.4 Å². The smallest absolute Gasteiger partial charge is 0.360 e. The van der Waals surface area contributed by atoms with Gasteiger partial charge in [-0.1, -0.05) is 11.8 Å². The fourth-order valence-corrected chi connectivity index (χ4v) is 1.58. The molecular formula is C8H13N3O2S. The highest BCUT2D eigenvalue weighted by Gasteiger charge is 2.18. The van der Waals surface area contributed by atoms with Gasteiger partial charge in [-0.15, -0.1) is 0 Å². The van der Waals surface area contributed by atoms with Crippen molar-refractivity contribution in [1.29, 1.82) is 0 Å². The van der Waals surface area contributed by atoms with Crippen LogP contribution in [0.3, 0.4) is 0 Å². The second kappa shape index (κ2) is 4.36. The van der Waals surface area contributed by atoms with Crippen LogP contribution in [0, 0.1) is 0 Å². The lowest BCUT2D eigenvalue weighted by molar-refractivity contribution is 0.0521. The van der Waals surface area contributed by atoms with Gasteiger partial charge in [0, 0.05) is 7.05 Å². The van der Waals surface area contributed by atoms with E-state index in [9.17, 15) is 4.79 Å². The summed E-state index contributed by atoms with van der Waals surface area (Å²) in [6.07, 6.45) is 1.87. The quantitative estimate of drug-likeness (QED) is 0.599. The van der Waals surface area contributed by atoms with Crippen molar-refractivity contribution in [3.05, 3.63) is 5.69 Å². The fraction of sp³-hybridized carbons (Fsp3) is 0.500. The molecule has 0 amide bonds. The fourth-order valence-electron chi connectivity index (χ4n) is 1.02. The number of imidazole rings is 1. The molecule has 0 atom stereocenters. The molecule has 0 aliphatic carbocycles. The Morgan fingerprint density at radius 1 is 1.71 bits per heavy atom. The molecule has 0 bridgehead atoms. The van der Waals surface area contributed by atoms with Gasteiger partial charge in [-0.3, -0.25) is 0 Å². The number of nitrogens with two attached hydrogens (primary N) is 1. The number of aromatic nitrogens is 2. The summed E-state index contributed by atoms with van der Waals surface area (Å²) in [5.41, 5.74) is 5.89. The highest BCUT2D eigenvalue weighted by atomic mass is 32.2. The Kier molecular flexibility index (Phi) is 3.40. The first-order valence-corrected chi connectivity index (χ1v) is 5.37. The summed E-state index contributed by atoms with van der Waals surface area (Å²) in [5, 5.41) is 0.700. The first-order valence-electron chi connectivity index (χ1n) is 4.15. The lowest BCUT2D eigenvalue weighted by Gasteiger charge is -1.99. The first kappa shape index (κ1) is 10.9. The maximum Gasteiger partial charge on any atom is 0.360 e. The molecule has 14 heavy (non-hydrogen) atoms. The predicted octanol–water partition coefficient (Wildman–Crippen LogP) is 0.901. The van der Waals surface area contributed by atoms with Crippen LogP contribution in [0.4, 0.5) is 5.82 Å². The average molecular weight is 215 g/mol.